The Labute approximate surface area is 181 Å². The Bertz CT molecular complexity index is 814. The predicted octanol–water partition coefficient (Wildman–Crippen LogP) is -4.93. The number of nitrogens with one attached hydrogen (secondary N) is 4. The van der Waals surface area contributed by atoms with Gasteiger partial charge in [-0.1, -0.05) is 0 Å². The summed E-state index contributed by atoms with van der Waals surface area (Å²) >= 11 is 0. The highest BCUT2D eigenvalue weighted by atomic mass is 16.4. The van der Waals surface area contributed by atoms with Gasteiger partial charge in [0.25, 0.3) is 0 Å². The lowest BCUT2D eigenvalue weighted by Gasteiger charge is -2.24. The number of nitrogens with zero attached hydrogens (tertiary/aromatic N) is 1. The summed E-state index contributed by atoms with van der Waals surface area (Å²) in [4.78, 5) is 66.0. The van der Waals surface area contributed by atoms with E-state index in [9.17, 15) is 34.2 Å². The Morgan fingerprint density at radius 1 is 1.09 bits per heavy atom. The van der Waals surface area contributed by atoms with Crippen LogP contribution in [0.1, 0.15) is 19.0 Å². The molecule has 1 aromatic rings. The number of aliphatic hydroxyl groups is 2. The molecule has 0 saturated carbocycles. The van der Waals surface area contributed by atoms with Crippen LogP contribution in [-0.2, 0) is 30.4 Å². The smallest absolute Gasteiger partial charge is 0.328 e. The lowest BCUT2D eigenvalue weighted by molar-refractivity contribution is -0.145. The van der Waals surface area contributed by atoms with E-state index in [1.165, 1.54) is 12.5 Å². The van der Waals surface area contributed by atoms with Crippen molar-refractivity contribution in [3.63, 3.8) is 0 Å². The summed E-state index contributed by atoms with van der Waals surface area (Å²) in [5, 5.41) is 34.3. The number of hydrogen-bond donors (Lipinski definition) is 9. The molecule has 0 fully saturated rings. The van der Waals surface area contributed by atoms with Crippen LogP contribution in [0.5, 0.6) is 0 Å². The molecule has 0 aliphatic rings. The number of primary amides is 1. The molecule has 32 heavy (non-hydrogen) atoms. The number of aliphatic hydroxyl groups excluding tert-OH is 2. The zero-order valence-corrected chi connectivity index (χ0v) is 17.1. The highest BCUT2D eigenvalue weighted by Gasteiger charge is 2.32. The molecule has 0 saturated heterocycles. The first-order valence-electron chi connectivity index (χ1n) is 9.40. The summed E-state index contributed by atoms with van der Waals surface area (Å²) in [5.74, 6) is -5.51. The van der Waals surface area contributed by atoms with Crippen molar-refractivity contribution in [1.29, 1.82) is 0 Å². The van der Waals surface area contributed by atoms with Crippen molar-refractivity contribution < 1.29 is 39.3 Å². The lowest BCUT2D eigenvalue weighted by atomic mass is 10.1. The third-order valence-electron chi connectivity index (χ3n) is 4.23. The molecule has 15 heteroatoms. The second kappa shape index (κ2) is 12.3. The number of carboxylic acids is 1. The topological polar surface area (TPSA) is 263 Å². The first kappa shape index (κ1) is 26.5. The number of nitrogens with two attached hydrogens (primary N) is 2. The lowest BCUT2D eigenvalue weighted by Crippen LogP contribution is -2.59. The van der Waals surface area contributed by atoms with E-state index >= 15 is 0 Å². The molecule has 1 aromatic heterocycles. The molecule has 1 rings (SSSR count). The van der Waals surface area contributed by atoms with E-state index in [-0.39, 0.29) is 6.42 Å². The van der Waals surface area contributed by atoms with Gasteiger partial charge in [0.1, 0.15) is 12.1 Å². The molecule has 0 aliphatic heterocycles. The van der Waals surface area contributed by atoms with E-state index < -0.39 is 72.9 Å². The van der Waals surface area contributed by atoms with E-state index in [0.717, 1.165) is 6.92 Å². The van der Waals surface area contributed by atoms with Gasteiger partial charge >= 0.3 is 5.97 Å². The van der Waals surface area contributed by atoms with Gasteiger partial charge in [-0.2, -0.15) is 0 Å². The van der Waals surface area contributed by atoms with Crippen LogP contribution in [0.15, 0.2) is 12.5 Å². The molecule has 11 N–H and O–H groups in total. The van der Waals surface area contributed by atoms with Gasteiger partial charge in [0.15, 0.2) is 6.04 Å². The third kappa shape index (κ3) is 8.29. The highest BCUT2D eigenvalue weighted by Crippen LogP contribution is 2.01. The largest absolute Gasteiger partial charge is 0.480 e. The number of H-pyrrole nitrogens is 1. The van der Waals surface area contributed by atoms with Crippen molar-refractivity contribution in [3.8, 4) is 0 Å². The number of aliphatic carboxylic acids is 1. The number of carbonyl (C=O) groups is 5. The third-order valence-corrected chi connectivity index (χ3v) is 4.23. The van der Waals surface area contributed by atoms with Crippen LogP contribution in [0.25, 0.3) is 0 Å². The Hall–Kier alpha value is -3.56. The summed E-state index contributed by atoms with van der Waals surface area (Å²) in [6.45, 7) is 0.245. The minimum atomic E-state index is -1.72. The minimum absolute atomic E-state index is 0.0637. The minimum Gasteiger partial charge on any atom is -0.480 e. The molecule has 4 amide bonds. The first-order chi connectivity index (χ1) is 15.0. The van der Waals surface area contributed by atoms with Gasteiger partial charge in [0, 0.05) is 18.3 Å². The number of rotatable bonds is 13. The first-order valence-corrected chi connectivity index (χ1v) is 9.40. The summed E-state index contributed by atoms with van der Waals surface area (Å²) in [6, 6.07) is -5.98. The highest BCUT2D eigenvalue weighted by molar-refractivity contribution is 5.96. The normalized spacial score (nSPS) is 15.5. The Morgan fingerprint density at radius 2 is 1.69 bits per heavy atom. The van der Waals surface area contributed by atoms with E-state index in [1.54, 1.807) is 0 Å². The van der Waals surface area contributed by atoms with Gasteiger partial charge in [-0.3, -0.25) is 19.2 Å². The van der Waals surface area contributed by atoms with Crippen molar-refractivity contribution in [2.45, 2.75) is 50.0 Å². The fraction of sp³-hybridized carbons (Fsp3) is 0.529. The van der Waals surface area contributed by atoms with Gasteiger partial charge in [-0.15, -0.1) is 0 Å². The molecule has 5 unspecified atom stereocenters. The zero-order chi connectivity index (χ0) is 24.4. The molecular weight excluding hydrogens is 430 g/mol. The standard InChI is InChI=1S/C17H27N7O8/c1-7(26)13(17(31)32)24-15(29)10(3-12(19)27)22-16(30)11(5-25)23-14(28)9(18)2-8-4-20-6-21-8/h4,6-7,9-11,13,25-26H,2-3,5,18H2,1H3,(H2,19,27)(H,20,21)(H,22,30)(H,23,28)(H,24,29)(H,31,32). The summed E-state index contributed by atoms with van der Waals surface area (Å²) in [5.41, 5.74) is 11.4. The van der Waals surface area contributed by atoms with Gasteiger partial charge < -0.3 is 47.7 Å². The summed E-state index contributed by atoms with van der Waals surface area (Å²) < 4.78 is 0. The summed E-state index contributed by atoms with van der Waals surface area (Å²) in [7, 11) is 0. The van der Waals surface area contributed by atoms with Crippen molar-refractivity contribution in [3.05, 3.63) is 18.2 Å². The number of imidazole rings is 1. The number of hydrogen-bond acceptors (Lipinski definition) is 9. The van der Waals surface area contributed by atoms with Crippen LogP contribution in [0.4, 0.5) is 0 Å². The Kier molecular flexibility index (Phi) is 10.2. The quantitative estimate of drug-likeness (QED) is 0.136. The second-order valence-electron chi connectivity index (χ2n) is 6.93. The molecule has 0 radical (unpaired) electrons. The average molecular weight is 457 g/mol. The number of aromatic nitrogens is 2. The van der Waals surface area contributed by atoms with Crippen molar-refractivity contribution in [2.24, 2.45) is 11.5 Å². The van der Waals surface area contributed by atoms with Gasteiger partial charge in [-0.05, 0) is 6.92 Å². The fourth-order valence-corrected chi connectivity index (χ4v) is 2.52. The second-order valence-corrected chi connectivity index (χ2v) is 6.93. The van der Waals surface area contributed by atoms with E-state index in [1.807, 2.05) is 5.32 Å². The molecule has 0 aliphatic carbocycles. The van der Waals surface area contributed by atoms with E-state index in [4.69, 9.17) is 16.6 Å². The monoisotopic (exact) mass is 457 g/mol. The van der Waals surface area contributed by atoms with Gasteiger partial charge in [0.05, 0.1) is 31.5 Å². The number of aromatic amines is 1. The molecule has 178 valence electrons. The predicted molar refractivity (Wildman–Crippen MR) is 106 cm³/mol. The van der Waals surface area contributed by atoms with Crippen LogP contribution in [0.3, 0.4) is 0 Å². The Morgan fingerprint density at radius 3 is 2.16 bits per heavy atom. The summed E-state index contributed by atoms with van der Waals surface area (Å²) in [6.07, 6.45) is 0.708. The SMILES string of the molecule is CC(O)C(NC(=O)C(CC(N)=O)NC(=O)C(CO)NC(=O)C(N)Cc1cnc[nH]1)C(=O)O. The average Bonchev–Trinajstić information content (AvgIpc) is 3.21. The fourth-order valence-electron chi connectivity index (χ4n) is 2.52. The zero-order valence-electron chi connectivity index (χ0n) is 17.1. The van der Waals surface area contributed by atoms with Crippen LogP contribution in [-0.4, -0.2) is 91.8 Å². The van der Waals surface area contributed by atoms with Crippen LogP contribution >= 0.6 is 0 Å². The molecule has 15 nitrogen and oxygen atoms in total. The maximum Gasteiger partial charge on any atom is 0.328 e. The van der Waals surface area contributed by atoms with Crippen LogP contribution in [0.2, 0.25) is 0 Å². The number of carboxylic acid groups (broad SMARTS) is 1. The van der Waals surface area contributed by atoms with Gasteiger partial charge in [0.2, 0.25) is 23.6 Å². The van der Waals surface area contributed by atoms with Crippen molar-refractivity contribution >= 4 is 29.6 Å². The van der Waals surface area contributed by atoms with Crippen LogP contribution in [0, 0.1) is 0 Å². The molecule has 0 spiro atoms. The Balaban J connectivity index is 2.82. The molecule has 1 heterocycles. The maximum atomic E-state index is 12.5. The van der Waals surface area contributed by atoms with E-state index in [0.29, 0.717) is 5.69 Å². The maximum absolute atomic E-state index is 12.5. The van der Waals surface area contributed by atoms with Gasteiger partial charge in [-0.25, -0.2) is 9.78 Å². The molecule has 5 atom stereocenters. The van der Waals surface area contributed by atoms with Crippen molar-refractivity contribution in [2.75, 3.05) is 6.61 Å². The van der Waals surface area contributed by atoms with E-state index in [2.05, 4.69) is 20.6 Å². The van der Waals surface area contributed by atoms with Crippen molar-refractivity contribution in [1.82, 2.24) is 25.9 Å². The number of amides is 4. The molecular formula is C17H27N7O8. The van der Waals surface area contributed by atoms with Crippen LogP contribution < -0.4 is 27.4 Å². The molecule has 0 aromatic carbocycles. The number of carbonyl (C=O) groups excluding carboxylic acids is 4. The molecule has 0 bridgehead atoms.